The predicted octanol–water partition coefficient (Wildman–Crippen LogP) is 7.89. The summed E-state index contributed by atoms with van der Waals surface area (Å²) in [5.41, 5.74) is -0.984. The topological polar surface area (TPSA) is 35.5 Å². The molecule has 0 unspecified atom stereocenters. The van der Waals surface area contributed by atoms with Gasteiger partial charge >= 0.3 is 6.16 Å². The minimum absolute atomic E-state index is 0.491. The predicted molar refractivity (Wildman–Crippen MR) is 114 cm³/mol. The van der Waals surface area contributed by atoms with Crippen LogP contribution in [0.3, 0.4) is 0 Å². The van der Waals surface area contributed by atoms with Gasteiger partial charge in [-0.2, -0.15) is 0 Å². The van der Waals surface area contributed by atoms with Crippen LogP contribution in [0.2, 0.25) is 0 Å². The fraction of sp³-hybridized carbons (Fsp3) is 0.792. The van der Waals surface area contributed by atoms with E-state index < -0.39 is 17.4 Å². The molecule has 0 aliphatic carbocycles. The van der Waals surface area contributed by atoms with Crippen LogP contribution in [0.4, 0.5) is 4.79 Å². The smallest absolute Gasteiger partial charge is 0.424 e. The van der Waals surface area contributed by atoms with Gasteiger partial charge in [0.1, 0.15) is 0 Å². The van der Waals surface area contributed by atoms with Gasteiger partial charge in [-0.25, -0.2) is 4.79 Å². The van der Waals surface area contributed by atoms with Gasteiger partial charge in [0.15, 0.2) is 11.2 Å². The molecule has 0 amide bonds. The maximum atomic E-state index is 11.8. The molecule has 0 spiro atoms. The first-order valence-corrected chi connectivity index (χ1v) is 11.1. The van der Waals surface area contributed by atoms with Crippen molar-refractivity contribution in [3.05, 3.63) is 25.3 Å². The Morgan fingerprint density at radius 3 is 1.37 bits per heavy atom. The molecule has 1 heterocycles. The Morgan fingerprint density at radius 1 is 0.667 bits per heavy atom. The number of ether oxygens (including phenoxy) is 2. The van der Waals surface area contributed by atoms with E-state index in [9.17, 15) is 4.79 Å². The Balaban J connectivity index is 2.27. The molecule has 1 rings (SSSR count). The molecule has 0 N–H and O–H groups in total. The van der Waals surface area contributed by atoms with Crippen LogP contribution in [0.1, 0.15) is 110 Å². The van der Waals surface area contributed by atoms with E-state index >= 15 is 0 Å². The van der Waals surface area contributed by atoms with Crippen LogP contribution < -0.4 is 0 Å². The van der Waals surface area contributed by atoms with Gasteiger partial charge < -0.3 is 9.47 Å². The highest BCUT2D eigenvalue weighted by Gasteiger charge is 2.56. The Hall–Kier alpha value is -1.25. The van der Waals surface area contributed by atoms with Crippen LogP contribution in [0.15, 0.2) is 25.3 Å². The first-order valence-electron chi connectivity index (χ1n) is 11.1. The van der Waals surface area contributed by atoms with E-state index in [2.05, 4.69) is 27.0 Å². The number of hydrogen-bond acceptors (Lipinski definition) is 3. The second-order valence-electron chi connectivity index (χ2n) is 8.46. The van der Waals surface area contributed by atoms with Crippen molar-refractivity contribution in [2.75, 3.05) is 0 Å². The SMILES string of the molecule is C=CCCCCCCCCC[C@]1(C)OC(=O)O[C@]1(C)CCCCCCC=C. The third-order valence-electron chi connectivity index (χ3n) is 6.11. The van der Waals surface area contributed by atoms with E-state index in [0.29, 0.717) is 0 Å². The molecule has 0 aromatic heterocycles. The van der Waals surface area contributed by atoms with Crippen molar-refractivity contribution in [3.8, 4) is 0 Å². The molecule has 0 saturated carbocycles. The van der Waals surface area contributed by atoms with Gasteiger partial charge in [-0.15, -0.1) is 13.2 Å². The normalized spacial score (nSPS) is 24.4. The number of cyclic esters (lactones) is 2. The molecule has 156 valence electrons. The second-order valence-corrected chi connectivity index (χ2v) is 8.46. The van der Waals surface area contributed by atoms with Gasteiger partial charge in [0, 0.05) is 0 Å². The van der Waals surface area contributed by atoms with Crippen molar-refractivity contribution in [1.29, 1.82) is 0 Å². The zero-order valence-corrected chi connectivity index (χ0v) is 17.9. The largest absolute Gasteiger partial charge is 0.509 e. The van der Waals surface area contributed by atoms with E-state index in [1.165, 1.54) is 57.8 Å². The summed E-state index contributed by atoms with van der Waals surface area (Å²) in [6.45, 7) is 11.6. The Morgan fingerprint density at radius 2 is 1.00 bits per heavy atom. The zero-order valence-electron chi connectivity index (χ0n) is 17.9. The fourth-order valence-corrected chi connectivity index (χ4v) is 3.97. The standard InChI is InChI=1S/C24H42O3/c1-5-7-9-11-13-14-15-17-19-21-24(4)23(3,26-22(25)27-24)20-18-16-12-10-8-6-2/h5-6H,1-2,7-21H2,3-4H3/t23-,24+/m1/s1. The molecule has 27 heavy (non-hydrogen) atoms. The summed E-state index contributed by atoms with van der Waals surface area (Å²) in [6, 6.07) is 0. The summed E-state index contributed by atoms with van der Waals surface area (Å²) in [4.78, 5) is 11.8. The van der Waals surface area contributed by atoms with Gasteiger partial charge in [-0.3, -0.25) is 0 Å². The van der Waals surface area contributed by atoms with Crippen LogP contribution >= 0.6 is 0 Å². The van der Waals surface area contributed by atoms with Gasteiger partial charge in [-0.1, -0.05) is 57.1 Å². The minimum Gasteiger partial charge on any atom is -0.424 e. The van der Waals surface area contributed by atoms with E-state index in [1.807, 2.05) is 12.2 Å². The maximum absolute atomic E-state index is 11.8. The van der Waals surface area contributed by atoms with Crippen LogP contribution in [-0.4, -0.2) is 17.4 Å². The molecule has 2 atom stereocenters. The number of carbonyl (C=O) groups is 1. The third-order valence-corrected chi connectivity index (χ3v) is 6.11. The molecule has 0 bridgehead atoms. The van der Waals surface area contributed by atoms with Crippen molar-refractivity contribution in [2.45, 2.75) is 121 Å². The average Bonchev–Trinajstić information content (AvgIpc) is 2.85. The van der Waals surface area contributed by atoms with Gasteiger partial charge in [0.05, 0.1) is 0 Å². The van der Waals surface area contributed by atoms with E-state index in [1.54, 1.807) is 0 Å². The second kappa shape index (κ2) is 13.0. The lowest BCUT2D eigenvalue weighted by Gasteiger charge is -2.36. The Bertz CT molecular complexity index is 445. The number of hydrogen-bond donors (Lipinski definition) is 0. The monoisotopic (exact) mass is 378 g/mol. The summed E-state index contributed by atoms with van der Waals surface area (Å²) in [5, 5.41) is 0. The molecule has 0 aromatic carbocycles. The number of unbranched alkanes of at least 4 members (excludes halogenated alkanes) is 11. The average molecular weight is 379 g/mol. The van der Waals surface area contributed by atoms with Crippen LogP contribution in [0.5, 0.6) is 0 Å². The van der Waals surface area contributed by atoms with Crippen molar-refractivity contribution in [1.82, 2.24) is 0 Å². The van der Waals surface area contributed by atoms with Gasteiger partial charge in [0.2, 0.25) is 0 Å². The van der Waals surface area contributed by atoms with Crippen LogP contribution in [-0.2, 0) is 9.47 Å². The molecule has 1 saturated heterocycles. The molecule has 0 aromatic rings. The molecule has 0 radical (unpaired) electrons. The number of rotatable bonds is 17. The highest BCUT2D eigenvalue weighted by atomic mass is 16.8. The van der Waals surface area contributed by atoms with Gasteiger partial charge in [-0.05, 0) is 65.2 Å². The Labute approximate surface area is 167 Å². The maximum Gasteiger partial charge on any atom is 0.509 e. The lowest BCUT2D eigenvalue weighted by Crippen LogP contribution is -2.47. The summed E-state index contributed by atoms with van der Waals surface area (Å²) in [5.74, 6) is 0. The number of carbonyl (C=O) groups excluding carboxylic acids is 1. The highest BCUT2D eigenvalue weighted by molar-refractivity contribution is 5.64. The molecular weight excluding hydrogens is 336 g/mol. The lowest BCUT2D eigenvalue weighted by atomic mass is 9.78. The van der Waals surface area contributed by atoms with E-state index in [0.717, 1.165) is 38.5 Å². The number of allylic oxidation sites excluding steroid dienone is 2. The lowest BCUT2D eigenvalue weighted by molar-refractivity contribution is -0.0377. The van der Waals surface area contributed by atoms with E-state index in [4.69, 9.17) is 9.47 Å². The first-order chi connectivity index (χ1) is 13.0. The summed E-state index contributed by atoms with van der Waals surface area (Å²) in [7, 11) is 0. The molecule has 3 heteroatoms. The minimum atomic E-state index is -0.493. The highest BCUT2D eigenvalue weighted by Crippen LogP contribution is 2.43. The molecule has 3 nitrogen and oxygen atoms in total. The first kappa shape index (κ1) is 23.8. The zero-order chi connectivity index (χ0) is 20.0. The molecule has 1 aliphatic heterocycles. The van der Waals surface area contributed by atoms with Crippen LogP contribution in [0.25, 0.3) is 0 Å². The molecule has 1 fully saturated rings. The molecule has 1 aliphatic rings. The third kappa shape index (κ3) is 8.53. The van der Waals surface area contributed by atoms with Gasteiger partial charge in [0.25, 0.3) is 0 Å². The Kier molecular flexibility index (Phi) is 11.5. The molecular formula is C24H42O3. The van der Waals surface area contributed by atoms with Crippen molar-refractivity contribution in [3.63, 3.8) is 0 Å². The van der Waals surface area contributed by atoms with Crippen LogP contribution in [0, 0.1) is 0 Å². The van der Waals surface area contributed by atoms with Crippen molar-refractivity contribution >= 4 is 6.16 Å². The summed E-state index contributed by atoms with van der Waals surface area (Å²) in [6.07, 6.45) is 20.9. The van der Waals surface area contributed by atoms with Crippen molar-refractivity contribution < 1.29 is 14.3 Å². The quantitative estimate of drug-likeness (QED) is 0.147. The fourth-order valence-electron chi connectivity index (χ4n) is 3.97. The summed E-state index contributed by atoms with van der Waals surface area (Å²) < 4.78 is 11.3. The van der Waals surface area contributed by atoms with E-state index in [-0.39, 0.29) is 0 Å². The van der Waals surface area contributed by atoms with Crippen molar-refractivity contribution in [2.24, 2.45) is 0 Å². The summed E-state index contributed by atoms with van der Waals surface area (Å²) >= 11 is 0.